The molecule has 1 aromatic heterocycles. The molecule has 1 unspecified atom stereocenters. The first-order valence-corrected chi connectivity index (χ1v) is 7.30. The summed E-state index contributed by atoms with van der Waals surface area (Å²) in [6, 6.07) is 2.00. The standard InChI is InChI=1S/C12H17NO5.C4H11N/c1-8(10(14)15)13(9-6-5-7-17-9)11(16)18-12(2,3)4;1-4(2,3)5/h5-8H,1-4H3,(H,14,15);5H2,1-3H3. The van der Waals surface area contributed by atoms with Gasteiger partial charge in [-0.05, 0) is 54.5 Å². The summed E-state index contributed by atoms with van der Waals surface area (Å²) in [5.41, 5.74) is 4.65. The molecule has 0 bridgehead atoms. The van der Waals surface area contributed by atoms with Crippen molar-refractivity contribution in [1.82, 2.24) is 0 Å². The molecule has 132 valence electrons. The summed E-state index contributed by atoms with van der Waals surface area (Å²) in [6.45, 7) is 12.4. The molecule has 1 rings (SSSR count). The zero-order valence-corrected chi connectivity index (χ0v) is 14.9. The molecule has 7 heteroatoms. The number of furan rings is 1. The molecule has 1 heterocycles. The fraction of sp³-hybridized carbons (Fsp3) is 0.625. The van der Waals surface area contributed by atoms with E-state index in [9.17, 15) is 9.59 Å². The van der Waals surface area contributed by atoms with Crippen molar-refractivity contribution in [3.8, 4) is 0 Å². The highest BCUT2D eigenvalue weighted by atomic mass is 16.6. The van der Waals surface area contributed by atoms with Crippen LogP contribution in [0.5, 0.6) is 0 Å². The van der Waals surface area contributed by atoms with Crippen molar-refractivity contribution in [2.75, 3.05) is 4.90 Å². The van der Waals surface area contributed by atoms with E-state index in [2.05, 4.69) is 0 Å². The maximum atomic E-state index is 12.0. The number of ether oxygens (including phenoxy) is 1. The minimum Gasteiger partial charge on any atom is -0.480 e. The first-order chi connectivity index (χ1) is 10.2. The van der Waals surface area contributed by atoms with Crippen LogP contribution in [0, 0.1) is 0 Å². The van der Waals surface area contributed by atoms with Gasteiger partial charge < -0.3 is 20.0 Å². The summed E-state index contributed by atoms with van der Waals surface area (Å²) in [6.07, 6.45) is 0.605. The van der Waals surface area contributed by atoms with Crippen LogP contribution in [0.2, 0.25) is 0 Å². The van der Waals surface area contributed by atoms with E-state index in [-0.39, 0.29) is 11.4 Å². The number of amides is 1. The van der Waals surface area contributed by atoms with Crippen molar-refractivity contribution >= 4 is 17.9 Å². The minimum atomic E-state index is -1.14. The molecule has 0 fully saturated rings. The van der Waals surface area contributed by atoms with Crippen molar-refractivity contribution in [2.24, 2.45) is 5.73 Å². The molecule has 7 nitrogen and oxygen atoms in total. The normalized spacial score (nSPS) is 12.7. The Morgan fingerprint density at radius 1 is 1.26 bits per heavy atom. The second-order valence-electron chi connectivity index (χ2n) is 7.18. The fourth-order valence-electron chi connectivity index (χ4n) is 1.27. The molecule has 0 radical (unpaired) electrons. The van der Waals surface area contributed by atoms with E-state index in [0.29, 0.717) is 0 Å². The average molecular weight is 328 g/mol. The van der Waals surface area contributed by atoms with Gasteiger partial charge in [-0.1, -0.05) is 0 Å². The minimum absolute atomic E-state index is 0. The number of aliphatic carboxylic acids is 1. The third-order valence-corrected chi connectivity index (χ3v) is 2.08. The molecule has 23 heavy (non-hydrogen) atoms. The van der Waals surface area contributed by atoms with Gasteiger partial charge in [0.15, 0.2) is 0 Å². The monoisotopic (exact) mass is 328 g/mol. The van der Waals surface area contributed by atoms with Gasteiger partial charge in [0.2, 0.25) is 5.88 Å². The van der Waals surface area contributed by atoms with Gasteiger partial charge in [0, 0.05) is 11.6 Å². The summed E-state index contributed by atoms with van der Waals surface area (Å²) in [5, 5.41) is 9.01. The Balaban J connectivity index is 0.000000841. The largest absolute Gasteiger partial charge is 0.480 e. The summed E-state index contributed by atoms with van der Waals surface area (Å²) >= 11 is 0. The second-order valence-corrected chi connectivity index (χ2v) is 7.18. The van der Waals surface area contributed by atoms with Gasteiger partial charge in [0.05, 0.1) is 6.26 Å². The number of hydrogen-bond donors (Lipinski definition) is 2. The molecule has 0 aliphatic rings. The molecule has 0 aliphatic heterocycles. The molecule has 0 saturated carbocycles. The van der Waals surface area contributed by atoms with E-state index in [1.807, 2.05) is 20.8 Å². The molecule has 3 N–H and O–H groups in total. The molecule has 0 spiro atoms. The lowest BCUT2D eigenvalue weighted by Crippen LogP contribution is -2.45. The Bertz CT molecular complexity index is 492. The molecule has 0 aromatic carbocycles. The Labute approximate surface area is 137 Å². The van der Waals surface area contributed by atoms with Gasteiger partial charge in [0.1, 0.15) is 11.6 Å². The maximum absolute atomic E-state index is 12.0. The predicted octanol–water partition coefficient (Wildman–Crippen LogP) is 3.24. The lowest BCUT2D eigenvalue weighted by atomic mass is 10.1. The molecule has 1 amide bonds. The van der Waals surface area contributed by atoms with Crippen LogP contribution >= 0.6 is 0 Å². The molecular formula is C16H28N2O5. The first kappa shape index (κ1) is 21.0. The van der Waals surface area contributed by atoms with Crippen LogP contribution in [0.1, 0.15) is 48.5 Å². The smallest absolute Gasteiger partial charge is 0.417 e. The van der Waals surface area contributed by atoms with Gasteiger partial charge in [-0.2, -0.15) is 0 Å². The zero-order valence-electron chi connectivity index (χ0n) is 14.9. The van der Waals surface area contributed by atoms with Crippen LogP contribution in [-0.4, -0.2) is 34.4 Å². The van der Waals surface area contributed by atoms with Gasteiger partial charge in [-0.3, -0.25) is 0 Å². The molecule has 1 aromatic rings. The molecule has 1 atom stereocenters. The van der Waals surface area contributed by atoms with Crippen molar-refractivity contribution in [2.45, 2.75) is 65.6 Å². The highest BCUT2D eigenvalue weighted by molar-refractivity contribution is 5.93. The van der Waals surface area contributed by atoms with Crippen LogP contribution in [0.15, 0.2) is 22.8 Å². The Morgan fingerprint density at radius 2 is 1.74 bits per heavy atom. The van der Waals surface area contributed by atoms with Gasteiger partial charge >= 0.3 is 12.1 Å². The van der Waals surface area contributed by atoms with Crippen molar-refractivity contribution in [3.63, 3.8) is 0 Å². The summed E-state index contributed by atoms with van der Waals surface area (Å²) in [7, 11) is 0. The quantitative estimate of drug-likeness (QED) is 0.882. The fourth-order valence-corrected chi connectivity index (χ4v) is 1.27. The number of anilines is 1. The molecule has 0 saturated heterocycles. The van der Waals surface area contributed by atoms with Crippen molar-refractivity contribution in [1.29, 1.82) is 0 Å². The summed E-state index contributed by atoms with van der Waals surface area (Å²) in [5.74, 6) is -1.00. The van der Waals surface area contributed by atoms with E-state index in [4.69, 9.17) is 20.0 Å². The number of hydrogen-bond acceptors (Lipinski definition) is 5. The van der Waals surface area contributed by atoms with Crippen LogP contribution < -0.4 is 10.6 Å². The van der Waals surface area contributed by atoms with E-state index >= 15 is 0 Å². The first-order valence-electron chi connectivity index (χ1n) is 7.30. The van der Waals surface area contributed by atoms with Crippen LogP contribution in [0.4, 0.5) is 10.7 Å². The van der Waals surface area contributed by atoms with Crippen LogP contribution in [0.3, 0.4) is 0 Å². The van der Waals surface area contributed by atoms with E-state index in [1.165, 1.54) is 19.3 Å². The van der Waals surface area contributed by atoms with E-state index in [1.54, 1.807) is 26.8 Å². The Morgan fingerprint density at radius 3 is 2.04 bits per heavy atom. The van der Waals surface area contributed by atoms with Gasteiger partial charge in [0.25, 0.3) is 0 Å². The third kappa shape index (κ3) is 9.57. The van der Waals surface area contributed by atoms with Crippen molar-refractivity contribution in [3.05, 3.63) is 18.4 Å². The second kappa shape index (κ2) is 8.01. The average Bonchev–Trinajstić information content (AvgIpc) is 2.77. The number of nitrogens with zero attached hydrogens (tertiary/aromatic N) is 1. The summed E-state index contributed by atoms with van der Waals surface area (Å²) < 4.78 is 10.2. The predicted molar refractivity (Wildman–Crippen MR) is 88.5 cm³/mol. The highest BCUT2D eigenvalue weighted by Crippen LogP contribution is 2.21. The number of rotatable bonds is 3. The van der Waals surface area contributed by atoms with E-state index in [0.717, 1.165) is 4.90 Å². The van der Waals surface area contributed by atoms with Crippen LogP contribution in [0.25, 0.3) is 0 Å². The van der Waals surface area contributed by atoms with Gasteiger partial charge in [-0.15, -0.1) is 0 Å². The lowest BCUT2D eigenvalue weighted by Gasteiger charge is -2.27. The van der Waals surface area contributed by atoms with Crippen molar-refractivity contribution < 1.29 is 23.8 Å². The molecular weight excluding hydrogens is 300 g/mol. The van der Waals surface area contributed by atoms with Crippen LogP contribution in [-0.2, 0) is 9.53 Å². The lowest BCUT2D eigenvalue weighted by molar-refractivity contribution is -0.138. The topological polar surface area (TPSA) is 106 Å². The maximum Gasteiger partial charge on any atom is 0.417 e. The number of carbonyl (C=O) groups is 2. The SMILES string of the molecule is CC(C(=O)O)N(C(=O)OC(C)(C)C)c1ccco1.CC(C)(C)N. The summed E-state index contributed by atoms with van der Waals surface area (Å²) in [4.78, 5) is 24.0. The Kier molecular flexibility index (Phi) is 7.30. The highest BCUT2D eigenvalue weighted by Gasteiger charge is 2.32. The molecule has 0 aliphatic carbocycles. The number of carboxylic acids is 1. The number of carbonyl (C=O) groups excluding carboxylic acids is 1. The number of nitrogens with two attached hydrogens (primary N) is 1. The number of carboxylic acid groups (broad SMARTS) is 1. The zero-order chi connectivity index (χ0) is 18.4. The Hall–Kier alpha value is -2.02. The third-order valence-electron chi connectivity index (χ3n) is 2.08. The van der Waals surface area contributed by atoms with E-state index < -0.39 is 23.7 Å². The van der Waals surface area contributed by atoms with Gasteiger partial charge in [-0.25, -0.2) is 14.5 Å².